The van der Waals surface area contributed by atoms with E-state index in [1.807, 2.05) is 12.1 Å². The molecule has 0 fully saturated rings. The van der Waals surface area contributed by atoms with Crippen molar-refractivity contribution >= 4 is 18.5 Å². The molecule has 72 valence electrons. The molecule has 0 spiro atoms. The van der Waals surface area contributed by atoms with Crippen molar-refractivity contribution in [3.8, 4) is 0 Å². The molecule has 1 aromatic carbocycles. The van der Waals surface area contributed by atoms with Crippen molar-refractivity contribution in [1.29, 1.82) is 5.41 Å². The van der Waals surface area contributed by atoms with Gasteiger partial charge in [-0.1, -0.05) is 12.1 Å². The minimum absolute atomic E-state index is 0.0795. The maximum Gasteiger partial charge on any atom is 0.122 e. The SMILES string of the molecule is CNN.N=C(N)c1cccc(S)c1. The fraction of sp³-hybridized carbons (Fsp3) is 0.125. The van der Waals surface area contributed by atoms with E-state index in [0.29, 0.717) is 5.56 Å². The molecule has 1 aromatic rings. The van der Waals surface area contributed by atoms with Crippen LogP contribution in [-0.4, -0.2) is 12.9 Å². The Hall–Kier alpha value is -1.04. The monoisotopic (exact) mass is 198 g/mol. The lowest BCUT2D eigenvalue weighted by molar-refractivity contribution is 0.900. The van der Waals surface area contributed by atoms with Crippen molar-refractivity contribution < 1.29 is 0 Å². The van der Waals surface area contributed by atoms with Gasteiger partial charge in [0.05, 0.1) is 0 Å². The van der Waals surface area contributed by atoms with Crippen molar-refractivity contribution in [2.45, 2.75) is 4.90 Å². The summed E-state index contributed by atoms with van der Waals surface area (Å²) < 4.78 is 0. The molecule has 4 nitrogen and oxygen atoms in total. The van der Waals surface area contributed by atoms with E-state index in [1.165, 1.54) is 0 Å². The van der Waals surface area contributed by atoms with Crippen molar-refractivity contribution in [3.05, 3.63) is 29.8 Å². The average Bonchev–Trinajstić information content (AvgIpc) is 2.05. The van der Waals surface area contributed by atoms with E-state index in [-0.39, 0.29) is 5.84 Å². The highest BCUT2D eigenvalue weighted by Crippen LogP contribution is 2.07. The number of hydrogen-bond acceptors (Lipinski definition) is 4. The fourth-order valence-electron chi connectivity index (χ4n) is 0.673. The number of nitrogen functional groups attached to an aromatic ring is 1. The van der Waals surface area contributed by atoms with Crippen LogP contribution in [0.25, 0.3) is 0 Å². The minimum Gasteiger partial charge on any atom is -0.384 e. The smallest absolute Gasteiger partial charge is 0.122 e. The van der Waals surface area contributed by atoms with Crippen LogP contribution >= 0.6 is 12.6 Å². The highest BCUT2D eigenvalue weighted by atomic mass is 32.1. The Balaban J connectivity index is 0.000000424. The molecule has 0 amide bonds. The molecule has 0 saturated carbocycles. The van der Waals surface area contributed by atoms with Crippen LogP contribution in [-0.2, 0) is 0 Å². The van der Waals surface area contributed by atoms with E-state index >= 15 is 0 Å². The van der Waals surface area contributed by atoms with Gasteiger partial charge in [-0.25, -0.2) is 0 Å². The van der Waals surface area contributed by atoms with Gasteiger partial charge in [-0.3, -0.25) is 16.7 Å². The van der Waals surface area contributed by atoms with Crippen LogP contribution in [0.2, 0.25) is 0 Å². The molecule has 0 aliphatic heterocycles. The van der Waals surface area contributed by atoms with E-state index < -0.39 is 0 Å². The molecule has 0 radical (unpaired) electrons. The lowest BCUT2D eigenvalue weighted by atomic mass is 10.2. The average molecular weight is 198 g/mol. The van der Waals surface area contributed by atoms with Crippen molar-refractivity contribution in [2.75, 3.05) is 7.05 Å². The summed E-state index contributed by atoms with van der Waals surface area (Å²) in [5.41, 5.74) is 8.20. The molecule has 0 aromatic heterocycles. The first-order chi connectivity index (χ1) is 6.11. The summed E-state index contributed by atoms with van der Waals surface area (Å²) in [7, 11) is 1.65. The highest BCUT2D eigenvalue weighted by Gasteiger charge is 1.93. The van der Waals surface area contributed by atoms with E-state index in [0.717, 1.165) is 4.90 Å². The number of nitrogens with two attached hydrogens (primary N) is 2. The predicted molar refractivity (Wildman–Crippen MR) is 58.0 cm³/mol. The normalized spacial score (nSPS) is 8.54. The number of thiol groups is 1. The van der Waals surface area contributed by atoms with E-state index in [2.05, 4.69) is 23.9 Å². The minimum atomic E-state index is 0.0795. The summed E-state index contributed by atoms with van der Waals surface area (Å²) >= 11 is 4.10. The quantitative estimate of drug-likeness (QED) is 0.148. The Labute approximate surface area is 83.2 Å². The maximum atomic E-state index is 7.08. The molecule has 0 bridgehead atoms. The second-order valence-corrected chi connectivity index (χ2v) is 2.77. The summed E-state index contributed by atoms with van der Waals surface area (Å²) in [6.07, 6.45) is 0. The van der Waals surface area contributed by atoms with Gasteiger partial charge < -0.3 is 5.73 Å². The summed E-state index contributed by atoms with van der Waals surface area (Å²) in [5.74, 6) is 4.68. The van der Waals surface area contributed by atoms with Gasteiger partial charge in [0.2, 0.25) is 0 Å². The summed E-state index contributed by atoms with van der Waals surface area (Å²) in [5, 5.41) is 7.08. The molecular weight excluding hydrogens is 184 g/mol. The Morgan fingerprint density at radius 3 is 2.38 bits per heavy atom. The Kier molecular flexibility index (Phi) is 5.96. The van der Waals surface area contributed by atoms with Gasteiger partial charge in [-0.05, 0) is 19.2 Å². The topological polar surface area (TPSA) is 87.9 Å². The number of amidine groups is 1. The fourth-order valence-corrected chi connectivity index (χ4v) is 0.899. The lowest BCUT2D eigenvalue weighted by Crippen LogP contribution is -2.13. The van der Waals surface area contributed by atoms with Crippen LogP contribution in [0.5, 0.6) is 0 Å². The van der Waals surface area contributed by atoms with E-state index in [4.69, 9.17) is 11.1 Å². The third-order valence-corrected chi connectivity index (χ3v) is 1.44. The van der Waals surface area contributed by atoms with E-state index in [1.54, 1.807) is 19.2 Å². The molecule has 0 atom stereocenters. The molecule has 0 aliphatic carbocycles. The predicted octanol–water partition coefficient (Wildman–Crippen LogP) is 0.339. The number of benzene rings is 1. The van der Waals surface area contributed by atoms with Gasteiger partial charge in [0, 0.05) is 10.5 Å². The summed E-state index contributed by atoms with van der Waals surface area (Å²) in [6.45, 7) is 0. The Bertz CT molecular complexity index is 275. The third kappa shape index (κ3) is 5.24. The third-order valence-electron chi connectivity index (χ3n) is 1.16. The Morgan fingerprint density at radius 1 is 1.54 bits per heavy atom. The molecule has 13 heavy (non-hydrogen) atoms. The molecule has 0 heterocycles. The van der Waals surface area contributed by atoms with E-state index in [9.17, 15) is 0 Å². The first-order valence-corrected chi connectivity index (χ1v) is 4.07. The number of nitrogens with one attached hydrogen (secondary N) is 2. The molecule has 0 saturated heterocycles. The number of hydrazine groups is 1. The molecule has 6 N–H and O–H groups in total. The van der Waals surface area contributed by atoms with Gasteiger partial charge in [0.1, 0.15) is 5.84 Å². The van der Waals surface area contributed by atoms with Crippen molar-refractivity contribution in [1.82, 2.24) is 5.43 Å². The van der Waals surface area contributed by atoms with Crippen LogP contribution in [0.4, 0.5) is 0 Å². The van der Waals surface area contributed by atoms with Crippen LogP contribution in [0.15, 0.2) is 29.2 Å². The Morgan fingerprint density at radius 2 is 2.08 bits per heavy atom. The molecule has 5 heteroatoms. The zero-order valence-corrected chi connectivity index (χ0v) is 8.31. The maximum absolute atomic E-state index is 7.08. The molecular formula is C8H14N4S. The lowest BCUT2D eigenvalue weighted by Gasteiger charge is -1.96. The first-order valence-electron chi connectivity index (χ1n) is 3.62. The van der Waals surface area contributed by atoms with Crippen LogP contribution in [0.1, 0.15) is 5.56 Å². The van der Waals surface area contributed by atoms with Crippen LogP contribution in [0.3, 0.4) is 0 Å². The summed E-state index contributed by atoms with van der Waals surface area (Å²) in [6, 6.07) is 7.20. The zero-order chi connectivity index (χ0) is 10.3. The molecule has 1 rings (SSSR count). The van der Waals surface area contributed by atoms with Crippen LogP contribution < -0.4 is 17.0 Å². The highest BCUT2D eigenvalue weighted by molar-refractivity contribution is 7.80. The first kappa shape index (κ1) is 12.0. The number of hydrogen-bond donors (Lipinski definition) is 5. The van der Waals surface area contributed by atoms with Gasteiger partial charge in [-0.2, -0.15) is 0 Å². The van der Waals surface area contributed by atoms with Crippen molar-refractivity contribution in [3.63, 3.8) is 0 Å². The summed E-state index contributed by atoms with van der Waals surface area (Å²) in [4.78, 5) is 0.827. The number of rotatable bonds is 1. The van der Waals surface area contributed by atoms with Gasteiger partial charge in [0.15, 0.2) is 0 Å². The largest absolute Gasteiger partial charge is 0.384 e. The second kappa shape index (κ2) is 6.47. The molecule has 0 unspecified atom stereocenters. The van der Waals surface area contributed by atoms with Crippen molar-refractivity contribution in [2.24, 2.45) is 11.6 Å². The van der Waals surface area contributed by atoms with Gasteiger partial charge in [-0.15, -0.1) is 12.6 Å². The van der Waals surface area contributed by atoms with Gasteiger partial charge in [0.25, 0.3) is 0 Å². The van der Waals surface area contributed by atoms with Crippen LogP contribution in [0, 0.1) is 5.41 Å². The standard InChI is InChI=1S/C7H8N2S.CH6N2/c8-7(9)5-2-1-3-6(10)4-5;1-3-2/h1-4,10H,(H3,8,9);3H,2H2,1H3. The second-order valence-electron chi connectivity index (χ2n) is 2.25. The zero-order valence-electron chi connectivity index (χ0n) is 7.41. The van der Waals surface area contributed by atoms with Gasteiger partial charge >= 0.3 is 0 Å². The molecule has 0 aliphatic rings.